The van der Waals surface area contributed by atoms with Gasteiger partial charge in [-0.2, -0.15) is 0 Å². The van der Waals surface area contributed by atoms with Crippen LogP contribution in [0.3, 0.4) is 0 Å². The number of nitrogens with one attached hydrogen (secondary N) is 1. The Bertz CT molecular complexity index is 281. The van der Waals surface area contributed by atoms with E-state index in [2.05, 4.69) is 5.32 Å². The van der Waals surface area contributed by atoms with Gasteiger partial charge in [0, 0.05) is 6.54 Å². The fraction of sp³-hybridized carbons (Fsp3) is 0.818. The molecule has 17 heavy (non-hydrogen) atoms. The number of carbonyl (C=O) groups excluding carboxylic acids is 1. The molecule has 1 rings (SSSR count). The molecule has 0 saturated heterocycles. The molecular weight excluding hydrogens is 226 g/mol. The molecule has 1 aliphatic rings. The Hall–Kier alpha value is -1.14. The number of carboxylic acid groups (broad SMARTS) is 1. The standard InChI is InChI=1S/C11H19NO5/c13-6-7(14)5-12-10(15)8-3-1-2-4-9(8)11(16)17/h7-9,13-14H,1-6H2,(H,12,15)(H,16,17). The molecule has 0 aromatic heterocycles. The summed E-state index contributed by atoms with van der Waals surface area (Å²) in [6.07, 6.45) is 1.78. The molecule has 0 radical (unpaired) electrons. The average Bonchev–Trinajstić information content (AvgIpc) is 2.35. The Balaban J connectivity index is 2.50. The first kappa shape index (κ1) is 13.9. The number of aliphatic hydroxyl groups is 2. The third-order valence-corrected chi connectivity index (χ3v) is 3.14. The molecule has 0 bridgehead atoms. The third kappa shape index (κ3) is 3.98. The maximum atomic E-state index is 11.8. The molecule has 0 aromatic carbocycles. The van der Waals surface area contributed by atoms with E-state index in [1.54, 1.807) is 0 Å². The maximum absolute atomic E-state index is 11.8. The van der Waals surface area contributed by atoms with Gasteiger partial charge in [-0.1, -0.05) is 12.8 Å². The van der Waals surface area contributed by atoms with Crippen molar-refractivity contribution in [2.24, 2.45) is 11.8 Å². The number of hydrogen-bond acceptors (Lipinski definition) is 4. The molecule has 3 unspecified atom stereocenters. The zero-order valence-corrected chi connectivity index (χ0v) is 9.63. The van der Waals surface area contributed by atoms with Crippen molar-refractivity contribution >= 4 is 11.9 Å². The topological polar surface area (TPSA) is 107 Å². The van der Waals surface area contributed by atoms with Gasteiger partial charge in [0.25, 0.3) is 0 Å². The molecule has 4 N–H and O–H groups in total. The van der Waals surface area contributed by atoms with Crippen LogP contribution in [0.4, 0.5) is 0 Å². The Morgan fingerprint density at radius 2 is 1.82 bits per heavy atom. The summed E-state index contributed by atoms with van der Waals surface area (Å²) in [4.78, 5) is 22.8. The van der Waals surface area contributed by atoms with Gasteiger partial charge in [-0.25, -0.2) is 0 Å². The summed E-state index contributed by atoms with van der Waals surface area (Å²) in [5, 5.41) is 29.2. The summed E-state index contributed by atoms with van der Waals surface area (Å²) in [6, 6.07) is 0. The van der Waals surface area contributed by atoms with Crippen molar-refractivity contribution < 1.29 is 24.9 Å². The number of carboxylic acids is 1. The van der Waals surface area contributed by atoms with Crippen LogP contribution in [0, 0.1) is 11.8 Å². The Labute approximate surface area is 99.6 Å². The number of hydrogen-bond donors (Lipinski definition) is 4. The second-order valence-corrected chi connectivity index (χ2v) is 4.42. The van der Waals surface area contributed by atoms with E-state index in [9.17, 15) is 9.59 Å². The van der Waals surface area contributed by atoms with Crippen LogP contribution in [0.25, 0.3) is 0 Å². The number of aliphatic carboxylic acids is 1. The van der Waals surface area contributed by atoms with Crippen LogP contribution in [-0.4, -0.2) is 46.5 Å². The second kappa shape index (κ2) is 6.56. The van der Waals surface area contributed by atoms with Gasteiger partial charge in [0.05, 0.1) is 24.5 Å². The molecule has 6 heteroatoms. The molecule has 1 aliphatic carbocycles. The highest BCUT2D eigenvalue weighted by molar-refractivity contribution is 5.84. The number of amides is 1. The predicted octanol–water partition coefficient (Wildman–Crippen LogP) is -0.653. The Kier molecular flexibility index (Phi) is 5.37. The largest absolute Gasteiger partial charge is 0.481 e. The van der Waals surface area contributed by atoms with Crippen LogP contribution < -0.4 is 5.32 Å². The zero-order valence-electron chi connectivity index (χ0n) is 9.63. The second-order valence-electron chi connectivity index (χ2n) is 4.42. The fourth-order valence-electron chi connectivity index (χ4n) is 2.15. The Morgan fingerprint density at radius 1 is 1.24 bits per heavy atom. The SMILES string of the molecule is O=C(O)C1CCCCC1C(=O)NCC(O)CO. The van der Waals surface area contributed by atoms with Crippen molar-refractivity contribution in [3.63, 3.8) is 0 Å². The van der Waals surface area contributed by atoms with Crippen molar-refractivity contribution in [2.75, 3.05) is 13.2 Å². The predicted molar refractivity (Wildman–Crippen MR) is 59.2 cm³/mol. The van der Waals surface area contributed by atoms with E-state index >= 15 is 0 Å². The summed E-state index contributed by atoms with van der Waals surface area (Å²) < 4.78 is 0. The minimum Gasteiger partial charge on any atom is -0.481 e. The van der Waals surface area contributed by atoms with Gasteiger partial charge in [-0.05, 0) is 12.8 Å². The van der Waals surface area contributed by atoms with Crippen molar-refractivity contribution in [3.8, 4) is 0 Å². The van der Waals surface area contributed by atoms with Gasteiger partial charge >= 0.3 is 5.97 Å². The molecule has 0 spiro atoms. The quantitative estimate of drug-likeness (QED) is 0.515. The smallest absolute Gasteiger partial charge is 0.307 e. The first-order valence-corrected chi connectivity index (χ1v) is 5.85. The summed E-state index contributed by atoms with van der Waals surface area (Å²) in [7, 11) is 0. The van der Waals surface area contributed by atoms with E-state index in [0.29, 0.717) is 12.8 Å². The van der Waals surface area contributed by atoms with Gasteiger partial charge in [-0.15, -0.1) is 0 Å². The zero-order chi connectivity index (χ0) is 12.8. The highest BCUT2D eigenvalue weighted by atomic mass is 16.4. The lowest BCUT2D eigenvalue weighted by atomic mass is 9.78. The van der Waals surface area contributed by atoms with Crippen LogP contribution in [0.1, 0.15) is 25.7 Å². The van der Waals surface area contributed by atoms with Crippen LogP contribution in [0.2, 0.25) is 0 Å². The molecule has 1 fully saturated rings. The van der Waals surface area contributed by atoms with Crippen molar-refractivity contribution in [1.29, 1.82) is 0 Å². The first-order chi connectivity index (χ1) is 8.06. The molecule has 1 saturated carbocycles. The highest BCUT2D eigenvalue weighted by Gasteiger charge is 2.35. The summed E-state index contributed by atoms with van der Waals surface area (Å²) >= 11 is 0. The lowest BCUT2D eigenvalue weighted by molar-refractivity contribution is -0.149. The van der Waals surface area contributed by atoms with Gasteiger partial charge in [0.15, 0.2) is 0 Å². The first-order valence-electron chi connectivity index (χ1n) is 5.85. The number of rotatable bonds is 5. The summed E-state index contributed by atoms with van der Waals surface area (Å²) in [6.45, 7) is -0.467. The molecular formula is C11H19NO5. The number of carbonyl (C=O) groups is 2. The van der Waals surface area contributed by atoms with E-state index in [1.165, 1.54) is 0 Å². The van der Waals surface area contributed by atoms with Crippen molar-refractivity contribution in [1.82, 2.24) is 5.32 Å². The number of aliphatic hydroxyl groups excluding tert-OH is 2. The van der Waals surface area contributed by atoms with Crippen LogP contribution in [0.5, 0.6) is 0 Å². The minimum atomic E-state index is -0.995. The summed E-state index contributed by atoms with van der Waals surface area (Å²) in [5.74, 6) is -2.43. The normalized spacial score (nSPS) is 26.2. The van der Waals surface area contributed by atoms with E-state index in [4.69, 9.17) is 15.3 Å². The van der Waals surface area contributed by atoms with Gasteiger partial charge in [-0.3, -0.25) is 9.59 Å². The average molecular weight is 245 g/mol. The van der Waals surface area contributed by atoms with E-state index in [-0.39, 0.29) is 12.5 Å². The molecule has 98 valence electrons. The van der Waals surface area contributed by atoms with E-state index < -0.39 is 30.5 Å². The lowest BCUT2D eigenvalue weighted by Crippen LogP contribution is -2.42. The molecule has 6 nitrogen and oxygen atoms in total. The molecule has 0 aliphatic heterocycles. The van der Waals surface area contributed by atoms with Crippen LogP contribution in [-0.2, 0) is 9.59 Å². The molecule has 0 aromatic rings. The molecule has 3 atom stereocenters. The highest BCUT2D eigenvalue weighted by Crippen LogP contribution is 2.30. The van der Waals surface area contributed by atoms with Gasteiger partial charge < -0.3 is 20.6 Å². The third-order valence-electron chi connectivity index (χ3n) is 3.14. The lowest BCUT2D eigenvalue weighted by Gasteiger charge is -2.27. The van der Waals surface area contributed by atoms with Crippen molar-refractivity contribution in [2.45, 2.75) is 31.8 Å². The van der Waals surface area contributed by atoms with Crippen LogP contribution >= 0.6 is 0 Å². The summed E-state index contributed by atoms with van der Waals surface area (Å²) in [5.41, 5.74) is 0. The monoisotopic (exact) mass is 245 g/mol. The molecule has 0 heterocycles. The van der Waals surface area contributed by atoms with Crippen LogP contribution in [0.15, 0.2) is 0 Å². The van der Waals surface area contributed by atoms with E-state index in [1.807, 2.05) is 0 Å². The Morgan fingerprint density at radius 3 is 2.35 bits per heavy atom. The van der Waals surface area contributed by atoms with Crippen molar-refractivity contribution in [3.05, 3.63) is 0 Å². The van der Waals surface area contributed by atoms with Gasteiger partial charge in [0.1, 0.15) is 0 Å². The molecule has 1 amide bonds. The minimum absolute atomic E-state index is 0.0435. The fourth-order valence-corrected chi connectivity index (χ4v) is 2.15. The maximum Gasteiger partial charge on any atom is 0.307 e. The van der Waals surface area contributed by atoms with Gasteiger partial charge in [0.2, 0.25) is 5.91 Å². The van der Waals surface area contributed by atoms with E-state index in [0.717, 1.165) is 12.8 Å².